The summed E-state index contributed by atoms with van der Waals surface area (Å²) in [6, 6.07) is 14.0. The van der Waals surface area contributed by atoms with Crippen LogP contribution in [0, 0.1) is 0 Å². The highest BCUT2D eigenvalue weighted by Gasteiger charge is 2.23. The van der Waals surface area contributed by atoms with E-state index < -0.39 is 17.0 Å². The number of benzene rings is 2. The molecule has 4 rings (SSSR count). The van der Waals surface area contributed by atoms with Crippen LogP contribution in [-0.4, -0.2) is 30.2 Å². The first kappa shape index (κ1) is 25.5. The molecule has 186 valence electrons. The van der Waals surface area contributed by atoms with Crippen LogP contribution in [0.5, 0.6) is 0 Å². The minimum atomic E-state index is -0.767. The van der Waals surface area contributed by atoms with Gasteiger partial charge in [0, 0.05) is 18.6 Å². The molecule has 0 amide bonds. The molecule has 0 aliphatic rings. The van der Waals surface area contributed by atoms with Crippen LogP contribution in [-0.2, 0) is 20.1 Å². The van der Waals surface area contributed by atoms with Crippen molar-refractivity contribution in [2.45, 2.75) is 31.6 Å². The molecule has 36 heavy (non-hydrogen) atoms. The van der Waals surface area contributed by atoms with Gasteiger partial charge in [-0.25, -0.2) is 9.78 Å². The van der Waals surface area contributed by atoms with E-state index in [4.69, 9.17) is 17.3 Å². The number of fused-ring (bicyclic) bond motifs is 1. The van der Waals surface area contributed by atoms with E-state index in [1.165, 1.54) is 16.2 Å². The molecule has 0 spiro atoms. The predicted molar refractivity (Wildman–Crippen MR) is 142 cm³/mol. The van der Waals surface area contributed by atoms with Crippen molar-refractivity contribution in [3.63, 3.8) is 0 Å². The molecule has 0 atom stereocenters. The number of nitrogen functional groups attached to an aromatic ring is 1. The summed E-state index contributed by atoms with van der Waals surface area (Å²) in [5, 5.41) is 1.19. The number of nitrogens with two attached hydrogens (primary N) is 1. The van der Waals surface area contributed by atoms with E-state index in [1.54, 1.807) is 18.2 Å². The van der Waals surface area contributed by atoms with E-state index in [-0.39, 0.29) is 29.2 Å². The van der Waals surface area contributed by atoms with Gasteiger partial charge in [-0.05, 0) is 30.2 Å². The van der Waals surface area contributed by atoms with Gasteiger partial charge in [0.2, 0.25) is 0 Å². The lowest BCUT2D eigenvalue weighted by atomic mass is 10.2. The molecule has 0 unspecified atom stereocenters. The van der Waals surface area contributed by atoms with Gasteiger partial charge in [0.05, 0.1) is 23.2 Å². The highest BCUT2D eigenvalue weighted by molar-refractivity contribution is 7.99. The Morgan fingerprint density at radius 2 is 1.78 bits per heavy atom. The third-order valence-electron chi connectivity index (χ3n) is 5.71. The SMILES string of the molecule is CCCn1c(SCC(=O)c2c(N)n(Cc3ccccc3)c(=O)n(C)c2=O)nc2cc(Cl)ccc2c1=O. The van der Waals surface area contributed by atoms with Gasteiger partial charge in [-0.3, -0.25) is 28.1 Å². The number of hydrogen-bond donors (Lipinski definition) is 1. The molecule has 2 aromatic heterocycles. The topological polar surface area (TPSA) is 122 Å². The highest BCUT2D eigenvalue weighted by atomic mass is 35.5. The van der Waals surface area contributed by atoms with Crippen LogP contribution in [0.2, 0.25) is 5.02 Å². The zero-order valence-electron chi connectivity index (χ0n) is 19.7. The maximum atomic E-state index is 13.2. The number of thioether (sulfide) groups is 1. The van der Waals surface area contributed by atoms with E-state index in [2.05, 4.69) is 4.98 Å². The largest absolute Gasteiger partial charge is 0.384 e. The zero-order chi connectivity index (χ0) is 26.0. The van der Waals surface area contributed by atoms with Crippen LogP contribution < -0.4 is 22.5 Å². The second kappa shape index (κ2) is 10.5. The molecule has 0 radical (unpaired) electrons. The molecule has 0 aliphatic carbocycles. The molecule has 0 bridgehead atoms. The Kier molecular flexibility index (Phi) is 7.46. The Balaban J connectivity index is 1.71. The number of Topliss-reactive ketones (excluding diaryl/α,β-unsaturated/α-hetero) is 1. The Labute approximate surface area is 215 Å². The van der Waals surface area contributed by atoms with Gasteiger partial charge in [0.25, 0.3) is 11.1 Å². The smallest absolute Gasteiger partial charge is 0.332 e. The third kappa shape index (κ3) is 4.87. The normalized spacial score (nSPS) is 11.2. The van der Waals surface area contributed by atoms with Crippen molar-refractivity contribution >= 4 is 45.9 Å². The standard InChI is InChI=1S/C25H24ClN5O4S/c1-3-11-30-22(33)17-10-9-16(26)12-18(17)28-24(30)36-14-19(32)20-21(27)31(25(35)29(2)23(20)34)13-15-7-5-4-6-8-15/h4-10,12H,3,11,13-14,27H2,1-2H3. The van der Waals surface area contributed by atoms with E-state index in [1.807, 2.05) is 37.3 Å². The summed E-state index contributed by atoms with van der Waals surface area (Å²) in [6.07, 6.45) is 0.681. The fourth-order valence-corrected chi connectivity index (χ4v) is 4.93. The van der Waals surface area contributed by atoms with Crippen LogP contribution in [0.3, 0.4) is 0 Å². The van der Waals surface area contributed by atoms with Crippen molar-refractivity contribution in [1.82, 2.24) is 18.7 Å². The summed E-state index contributed by atoms with van der Waals surface area (Å²) in [5.74, 6) is -0.962. The monoisotopic (exact) mass is 525 g/mol. The van der Waals surface area contributed by atoms with Gasteiger partial charge in [0.1, 0.15) is 11.4 Å². The van der Waals surface area contributed by atoms with Crippen LogP contribution in [0.15, 0.2) is 68.1 Å². The first-order valence-corrected chi connectivity index (χ1v) is 12.6. The lowest BCUT2D eigenvalue weighted by Crippen LogP contribution is -2.43. The fourth-order valence-electron chi connectivity index (χ4n) is 3.87. The summed E-state index contributed by atoms with van der Waals surface area (Å²) in [6.45, 7) is 2.45. The highest BCUT2D eigenvalue weighted by Crippen LogP contribution is 2.22. The summed E-state index contributed by atoms with van der Waals surface area (Å²) in [7, 11) is 1.31. The van der Waals surface area contributed by atoms with Gasteiger partial charge >= 0.3 is 5.69 Å². The molecule has 0 saturated carbocycles. The molecular formula is C25H24ClN5O4S. The molecule has 2 N–H and O–H groups in total. The van der Waals surface area contributed by atoms with Crippen molar-refractivity contribution in [3.05, 3.63) is 95.9 Å². The lowest BCUT2D eigenvalue weighted by Gasteiger charge is -2.15. The van der Waals surface area contributed by atoms with Crippen molar-refractivity contribution in [2.24, 2.45) is 7.05 Å². The number of carbonyl (C=O) groups is 1. The van der Waals surface area contributed by atoms with E-state index >= 15 is 0 Å². The van der Waals surface area contributed by atoms with Crippen LogP contribution in [0.4, 0.5) is 5.82 Å². The summed E-state index contributed by atoms with van der Waals surface area (Å²) in [5.41, 5.74) is 5.52. The number of anilines is 1. The van der Waals surface area contributed by atoms with Gasteiger partial charge in [-0.2, -0.15) is 0 Å². The van der Waals surface area contributed by atoms with Gasteiger partial charge in [0.15, 0.2) is 10.9 Å². The lowest BCUT2D eigenvalue weighted by molar-refractivity contribution is 0.102. The summed E-state index contributed by atoms with van der Waals surface area (Å²) >= 11 is 7.11. The molecule has 0 fully saturated rings. The average Bonchev–Trinajstić information content (AvgIpc) is 2.86. The molecule has 4 aromatic rings. The molecule has 0 aliphatic heterocycles. The number of nitrogens with zero attached hydrogens (tertiary/aromatic N) is 4. The Hall–Kier alpha value is -3.63. The molecule has 9 nitrogen and oxygen atoms in total. The van der Waals surface area contributed by atoms with Crippen molar-refractivity contribution in [2.75, 3.05) is 11.5 Å². The minimum Gasteiger partial charge on any atom is -0.384 e. The Bertz CT molecular complexity index is 1640. The Morgan fingerprint density at radius 1 is 1.06 bits per heavy atom. The first-order chi connectivity index (χ1) is 17.2. The number of aromatic nitrogens is 4. The van der Waals surface area contributed by atoms with E-state index in [9.17, 15) is 19.2 Å². The van der Waals surface area contributed by atoms with E-state index in [0.717, 1.165) is 21.9 Å². The molecule has 0 saturated heterocycles. The quantitative estimate of drug-likeness (QED) is 0.213. The fraction of sp³-hybridized carbons (Fsp3) is 0.240. The zero-order valence-corrected chi connectivity index (χ0v) is 21.3. The van der Waals surface area contributed by atoms with Crippen LogP contribution in [0.1, 0.15) is 29.3 Å². The minimum absolute atomic E-state index is 0.107. The van der Waals surface area contributed by atoms with Crippen LogP contribution in [0.25, 0.3) is 10.9 Å². The van der Waals surface area contributed by atoms with E-state index in [0.29, 0.717) is 34.0 Å². The molecule has 11 heteroatoms. The molecule has 2 heterocycles. The van der Waals surface area contributed by atoms with Crippen molar-refractivity contribution in [3.8, 4) is 0 Å². The maximum Gasteiger partial charge on any atom is 0.332 e. The molecule has 2 aromatic carbocycles. The Morgan fingerprint density at radius 3 is 2.47 bits per heavy atom. The average molecular weight is 526 g/mol. The van der Waals surface area contributed by atoms with Gasteiger partial charge < -0.3 is 5.73 Å². The number of ketones is 1. The third-order valence-corrected chi connectivity index (χ3v) is 6.92. The summed E-state index contributed by atoms with van der Waals surface area (Å²) in [4.78, 5) is 56.4. The van der Waals surface area contributed by atoms with Crippen molar-refractivity contribution in [1.29, 1.82) is 0 Å². The number of rotatable bonds is 8. The maximum absolute atomic E-state index is 13.2. The predicted octanol–water partition coefficient (Wildman–Crippen LogP) is 2.93. The first-order valence-electron chi connectivity index (χ1n) is 11.2. The molecular weight excluding hydrogens is 502 g/mol. The number of hydrogen-bond acceptors (Lipinski definition) is 7. The number of carbonyl (C=O) groups excluding carboxylic acids is 1. The van der Waals surface area contributed by atoms with Crippen molar-refractivity contribution < 1.29 is 4.79 Å². The second-order valence-corrected chi connectivity index (χ2v) is 9.58. The number of halogens is 1. The summed E-state index contributed by atoms with van der Waals surface area (Å²) < 4.78 is 3.59. The van der Waals surface area contributed by atoms with Gasteiger partial charge in [-0.1, -0.05) is 60.6 Å². The van der Waals surface area contributed by atoms with Crippen LogP contribution >= 0.6 is 23.4 Å². The second-order valence-electron chi connectivity index (χ2n) is 8.20. The van der Waals surface area contributed by atoms with Gasteiger partial charge in [-0.15, -0.1) is 0 Å².